The van der Waals surface area contributed by atoms with Gasteiger partial charge in [-0.25, -0.2) is 0 Å². The number of hydrogen-bond donors (Lipinski definition) is 1. The lowest BCUT2D eigenvalue weighted by Gasteiger charge is -2.14. The maximum absolute atomic E-state index is 6.23. The van der Waals surface area contributed by atoms with Crippen molar-refractivity contribution in [1.82, 2.24) is 5.32 Å². The van der Waals surface area contributed by atoms with Crippen molar-refractivity contribution >= 4 is 23.2 Å². The Morgan fingerprint density at radius 1 is 1.30 bits per heavy atom. The quantitative estimate of drug-likeness (QED) is 0.708. The van der Waals surface area contributed by atoms with Crippen LogP contribution < -0.4 is 10.1 Å². The number of allylic oxidation sites excluding steroid dienone is 1. The first-order valence-corrected chi connectivity index (χ1v) is 7.60. The van der Waals surface area contributed by atoms with Gasteiger partial charge in [-0.2, -0.15) is 0 Å². The average Bonchev–Trinajstić information content (AvgIpc) is 2.31. The molecule has 1 aromatic rings. The Kier molecular flexibility index (Phi) is 7.42. The van der Waals surface area contributed by atoms with Gasteiger partial charge in [-0.3, -0.25) is 0 Å². The molecule has 0 amide bonds. The lowest BCUT2D eigenvalue weighted by atomic mass is 10.1. The van der Waals surface area contributed by atoms with Crippen molar-refractivity contribution in [3.8, 4) is 5.75 Å². The molecule has 0 atom stereocenters. The number of halogens is 2. The van der Waals surface area contributed by atoms with Gasteiger partial charge < -0.3 is 10.1 Å². The van der Waals surface area contributed by atoms with Crippen molar-refractivity contribution in [1.29, 1.82) is 0 Å². The van der Waals surface area contributed by atoms with Crippen LogP contribution >= 0.6 is 23.2 Å². The third-order valence-electron chi connectivity index (χ3n) is 2.67. The van der Waals surface area contributed by atoms with Gasteiger partial charge in [-0.05, 0) is 44.5 Å². The molecular weight excluding hydrogens is 293 g/mol. The van der Waals surface area contributed by atoms with Crippen molar-refractivity contribution in [3.05, 3.63) is 39.4 Å². The molecule has 2 nitrogen and oxygen atoms in total. The van der Waals surface area contributed by atoms with Crippen molar-refractivity contribution in [2.24, 2.45) is 5.92 Å². The van der Waals surface area contributed by atoms with Crippen molar-refractivity contribution in [2.75, 3.05) is 13.2 Å². The maximum Gasteiger partial charge on any atom is 0.142 e. The highest BCUT2D eigenvalue weighted by Gasteiger charge is 2.10. The molecule has 1 aromatic carbocycles. The fourth-order valence-corrected chi connectivity index (χ4v) is 2.28. The van der Waals surface area contributed by atoms with E-state index in [1.54, 1.807) is 6.07 Å². The molecule has 112 valence electrons. The number of benzene rings is 1. The van der Waals surface area contributed by atoms with Crippen LogP contribution in [0.5, 0.6) is 5.75 Å². The fraction of sp³-hybridized carbons (Fsp3) is 0.500. The molecule has 0 aromatic heterocycles. The number of ether oxygens (including phenoxy) is 1. The summed E-state index contributed by atoms with van der Waals surface area (Å²) in [5, 5.41) is 4.57. The SMILES string of the molecule is CC(C)=CCOc1c(Cl)cc(Cl)cc1CNCC(C)C. The number of rotatable bonds is 7. The monoisotopic (exact) mass is 315 g/mol. The first-order chi connectivity index (χ1) is 9.40. The largest absolute Gasteiger partial charge is 0.488 e. The van der Waals surface area contributed by atoms with Gasteiger partial charge >= 0.3 is 0 Å². The van der Waals surface area contributed by atoms with E-state index in [9.17, 15) is 0 Å². The van der Waals surface area contributed by atoms with E-state index in [0.717, 1.165) is 12.1 Å². The standard InChI is InChI=1S/C16H23Cl2NO/c1-11(2)5-6-20-16-13(10-19-9-12(3)4)7-14(17)8-15(16)18/h5,7-8,12,19H,6,9-10H2,1-4H3. The van der Waals surface area contributed by atoms with Crippen LogP contribution in [-0.2, 0) is 6.54 Å². The predicted molar refractivity (Wildman–Crippen MR) is 87.9 cm³/mol. The van der Waals surface area contributed by atoms with E-state index in [2.05, 4.69) is 19.2 Å². The highest BCUT2D eigenvalue weighted by Crippen LogP contribution is 2.32. The Hall–Kier alpha value is -0.700. The van der Waals surface area contributed by atoms with E-state index in [4.69, 9.17) is 27.9 Å². The van der Waals surface area contributed by atoms with Crippen molar-refractivity contribution in [3.63, 3.8) is 0 Å². The molecule has 0 radical (unpaired) electrons. The third kappa shape index (κ3) is 6.17. The van der Waals surface area contributed by atoms with Crippen molar-refractivity contribution in [2.45, 2.75) is 34.2 Å². The van der Waals surface area contributed by atoms with E-state index >= 15 is 0 Å². The van der Waals surface area contributed by atoms with Gasteiger partial charge in [0.2, 0.25) is 0 Å². The molecule has 0 saturated carbocycles. The van der Waals surface area contributed by atoms with E-state index in [1.807, 2.05) is 26.0 Å². The minimum atomic E-state index is 0.515. The van der Waals surface area contributed by atoms with Gasteiger partial charge in [-0.15, -0.1) is 0 Å². The summed E-state index contributed by atoms with van der Waals surface area (Å²) in [5.74, 6) is 1.31. The Balaban J connectivity index is 2.81. The zero-order valence-electron chi connectivity index (χ0n) is 12.6. The summed E-state index contributed by atoms with van der Waals surface area (Å²) in [6.45, 7) is 10.6. The van der Waals surface area contributed by atoms with E-state index in [-0.39, 0.29) is 0 Å². The van der Waals surface area contributed by atoms with Gasteiger partial charge in [-0.1, -0.05) is 42.6 Å². The summed E-state index contributed by atoms with van der Waals surface area (Å²) in [5.41, 5.74) is 2.21. The summed E-state index contributed by atoms with van der Waals surface area (Å²) in [6, 6.07) is 3.62. The van der Waals surface area contributed by atoms with E-state index in [0.29, 0.717) is 34.9 Å². The predicted octanol–water partition coefficient (Wildman–Crippen LogP) is 5.08. The lowest BCUT2D eigenvalue weighted by Crippen LogP contribution is -2.19. The van der Waals surface area contributed by atoms with Crippen LogP contribution in [-0.4, -0.2) is 13.2 Å². The average molecular weight is 316 g/mol. The van der Waals surface area contributed by atoms with Gasteiger partial charge in [0.05, 0.1) is 5.02 Å². The summed E-state index contributed by atoms with van der Waals surface area (Å²) >= 11 is 12.3. The second-order valence-electron chi connectivity index (χ2n) is 5.49. The number of hydrogen-bond acceptors (Lipinski definition) is 2. The van der Waals surface area contributed by atoms with E-state index < -0.39 is 0 Å². The smallest absolute Gasteiger partial charge is 0.142 e. The molecule has 0 aliphatic carbocycles. The highest BCUT2D eigenvalue weighted by atomic mass is 35.5. The first kappa shape index (κ1) is 17.4. The lowest BCUT2D eigenvalue weighted by molar-refractivity contribution is 0.356. The molecule has 0 aliphatic rings. The molecule has 20 heavy (non-hydrogen) atoms. The van der Waals surface area contributed by atoms with Gasteiger partial charge in [0, 0.05) is 17.1 Å². The summed E-state index contributed by atoms with van der Waals surface area (Å²) in [6.07, 6.45) is 2.02. The molecule has 0 fully saturated rings. The van der Waals surface area contributed by atoms with Crippen LogP contribution in [0.25, 0.3) is 0 Å². The molecule has 1 rings (SSSR count). The second-order valence-corrected chi connectivity index (χ2v) is 6.34. The van der Waals surface area contributed by atoms with Crippen LogP contribution in [0.2, 0.25) is 10.0 Å². The molecule has 1 N–H and O–H groups in total. The van der Waals surface area contributed by atoms with Crippen LogP contribution in [0, 0.1) is 5.92 Å². The van der Waals surface area contributed by atoms with Crippen molar-refractivity contribution < 1.29 is 4.74 Å². The summed E-state index contributed by atoms with van der Waals surface area (Å²) in [4.78, 5) is 0. The summed E-state index contributed by atoms with van der Waals surface area (Å²) < 4.78 is 5.78. The van der Waals surface area contributed by atoms with Crippen LogP contribution in [0.15, 0.2) is 23.8 Å². The normalized spacial score (nSPS) is 10.8. The number of nitrogens with one attached hydrogen (secondary N) is 1. The maximum atomic E-state index is 6.23. The van der Waals surface area contributed by atoms with Gasteiger partial charge in [0.25, 0.3) is 0 Å². The minimum Gasteiger partial charge on any atom is -0.488 e. The van der Waals surface area contributed by atoms with Crippen LogP contribution in [0.3, 0.4) is 0 Å². The molecular formula is C16H23Cl2NO. The topological polar surface area (TPSA) is 21.3 Å². The van der Waals surface area contributed by atoms with Crippen LogP contribution in [0.4, 0.5) is 0 Å². The molecule has 0 heterocycles. The Morgan fingerprint density at radius 2 is 2.00 bits per heavy atom. The van der Waals surface area contributed by atoms with Gasteiger partial charge in [0.1, 0.15) is 12.4 Å². The molecule has 0 spiro atoms. The molecule has 4 heteroatoms. The zero-order valence-corrected chi connectivity index (χ0v) is 14.1. The third-order valence-corrected chi connectivity index (χ3v) is 3.17. The zero-order chi connectivity index (χ0) is 15.1. The summed E-state index contributed by atoms with van der Waals surface area (Å²) in [7, 11) is 0. The Morgan fingerprint density at radius 3 is 2.60 bits per heavy atom. The molecule has 0 unspecified atom stereocenters. The van der Waals surface area contributed by atoms with E-state index in [1.165, 1.54) is 5.57 Å². The second kappa shape index (κ2) is 8.56. The Labute approximate surface area is 132 Å². The fourth-order valence-electron chi connectivity index (χ4n) is 1.69. The first-order valence-electron chi connectivity index (χ1n) is 6.85. The minimum absolute atomic E-state index is 0.515. The molecule has 0 bridgehead atoms. The molecule has 0 aliphatic heterocycles. The Bertz CT molecular complexity index is 466. The highest BCUT2D eigenvalue weighted by molar-refractivity contribution is 6.35. The van der Waals surface area contributed by atoms with Crippen LogP contribution in [0.1, 0.15) is 33.3 Å². The molecule has 0 saturated heterocycles. The van der Waals surface area contributed by atoms with Gasteiger partial charge in [0.15, 0.2) is 0 Å².